The van der Waals surface area contributed by atoms with Gasteiger partial charge >= 0.3 is 0 Å². The molecule has 0 bridgehead atoms. The summed E-state index contributed by atoms with van der Waals surface area (Å²) in [5, 5.41) is 8.58. The molecule has 0 atom stereocenters. The molecule has 0 aliphatic carbocycles. The van der Waals surface area contributed by atoms with E-state index in [0.29, 0.717) is 37.7 Å². The lowest BCUT2D eigenvalue weighted by atomic mass is 10.3. The molecule has 0 radical (unpaired) electrons. The van der Waals surface area contributed by atoms with Gasteiger partial charge in [0.2, 0.25) is 5.91 Å². The van der Waals surface area contributed by atoms with Crippen molar-refractivity contribution in [2.75, 3.05) is 13.1 Å². The van der Waals surface area contributed by atoms with Gasteiger partial charge in [0.25, 0.3) is 5.91 Å². The SMILES string of the molecule is CC(=O)NCCNCc1ncc(C(=O)NCc2ccccn2)[nH]1. The summed E-state index contributed by atoms with van der Waals surface area (Å²) in [5.41, 5.74) is 1.19. The van der Waals surface area contributed by atoms with Crippen molar-refractivity contribution in [3.8, 4) is 0 Å². The fourth-order valence-electron chi connectivity index (χ4n) is 1.87. The Bertz CT molecular complexity index is 640. The van der Waals surface area contributed by atoms with Gasteiger partial charge in [-0.15, -0.1) is 0 Å². The van der Waals surface area contributed by atoms with Gasteiger partial charge in [-0.05, 0) is 12.1 Å². The standard InChI is InChI=1S/C15H20N6O2/c1-11(22)17-7-6-16-10-14-19-9-13(21-14)15(23)20-8-12-4-2-3-5-18-12/h2-5,9,16H,6-8,10H2,1H3,(H,17,22)(H,19,21)(H,20,23). The van der Waals surface area contributed by atoms with Crippen LogP contribution in [0, 0.1) is 0 Å². The molecule has 0 fully saturated rings. The van der Waals surface area contributed by atoms with Crippen molar-refractivity contribution in [1.82, 2.24) is 30.9 Å². The average Bonchev–Trinajstić information content (AvgIpc) is 3.02. The number of aromatic nitrogens is 3. The minimum atomic E-state index is -0.229. The fourth-order valence-corrected chi connectivity index (χ4v) is 1.87. The third-order valence-corrected chi connectivity index (χ3v) is 3.00. The van der Waals surface area contributed by atoms with E-state index in [9.17, 15) is 9.59 Å². The molecular formula is C15H20N6O2. The molecule has 0 unspecified atom stereocenters. The van der Waals surface area contributed by atoms with Crippen LogP contribution in [0.4, 0.5) is 0 Å². The maximum Gasteiger partial charge on any atom is 0.269 e. The van der Waals surface area contributed by atoms with Crippen LogP contribution in [0.2, 0.25) is 0 Å². The first-order valence-electron chi connectivity index (χ1n) is 7.32. The average molecular weight is 316 g/mol. The molecule has 2 heterocycles. The number of hydrogen-bond acceptors (Lipinski definition) is 5. The lowest BCUT2D eigenvalue weighted by molar-refractivity contribution is -0.118. The van der Waals surface area contributed by atoms with Gasteiger partial charge in [0.15, 0.2) is 0 Å². The maximum absolute atomic E-state index is 12.0. The smallest absolute Gasteiger partial charge is 0.269 e. The zero-order chi connectivity index (χ0) is 16.5. The lowest BCUT2D eigenvalue weighted by Crippen LogP contribution is -2.30. The predicted octanol–water partition coefficient (Wildman–Crippen LogP) is -0.0396. The van der Waals surface area contributed by atoms with Gasteiger partial charge in [0, 0.05) is 26.2 Å². The zero-order valence-corrected chi connectivity index (χ0v) is 12.9. The molecule has 8 nitrogen and oxygen atoms in total. The van der Waals surface area contributed by atoms with E-state index in [1.165, 1.54) is 13.1 Å². The molecule has 0 aliphatic heterocycles. The summed E-state index contributed by atoms with van der Waals surface area (Å²) in [4.78, 5) is 34.0. The Labute approximate surface area is 134 Å². The first kappa shape index (κ1) is 16.6. The molecule has 0 saturated heterocycles. The van der Waals surface area contributed by atoms with Gasteiger partial charge < -0.3 is 20.9 Å². The van der Waals surface area contributed by atoms with E-state index >= 15 is 0 Å². The zero-order valence-electron chi connectivity index (χ0n) is 12.9. The molecule has 8 heteroatoms. The van der Waals surface area contributed by atoms with Crippen molar-refractivity contribution >= 4 is 11.8 Å². The van der Waals surface area contributed by atoms with Gasteiger partial charge in [-0.1, -0.05) is 6.07 Å². The molecular weight excluding hydrogens is 296 g/mol. The summed E-state index contributed by atoms with van der Waals surface area (Å²) in [6.45, 7) is 3.51. The Morgan fingerprint density at radius 2 is 2.00 bits per heavy atom. The summed E-state index contributed by atoms with van der Waals surface area (Å²) in [6.07, 6.45) is 3.18. The Kier molecular flexibility index (Phi) is 6.25. The van der Waals surface area contributed by atoms with E-state index in [1.807, 2.05) is 18.2 Å². The largest absolute Gasteiger partial charge is 0.355 e. The molecule has 2 aromatic rings. The summed E-state index contributed by atoms with van der Waals surface area (Å²) in [5.74, 6) is 0.375. The van der Waals surface area contributed by atoms with Gasteiger partial charge in [-0.3, -0.25) is 14.6 Å². The van der Waals surface area contributed by atoms with Crippen LogP contribution >= 0.6 is 0 Å². The first-order chi connectivity index (χ1) is 11.1. The van der Waals surface area contributed by atoms with E-state index in [-0.39, 0.29) is 11.8 Å². The molecule has 2 rings (SSSR count). The summed E-state index contributed by atoms with van der Waals surface area (Å²) < 4.78 is 0. The second-order valence-corrected chi connectivity index (χ2v) is 4.91. The molecule has 0 aliphatic rings. The van der Waals surface area contributed by atoms with E-state index in [1.54, 1.807) is 6.20 Å². The van der Waals surface area contributed by atoms with Crippen molar-refractivity contribution in [3.05, 3.63) is 47.8 Å². The maximum atomic E-state index is 12.0. The van der Waals surface area contributed by atoms with Crippen LogP contribution in [0.15, 0.2) is 30.6 Å². The molecule has 2 aromatic heterocycles. The molecule has 122 valence electrons. The lowest BCUT2D eigenvalue weighted by Gasteiger charge is -2.04. The van der Waals surface area contributed by atoms with Crippen LogP contribution in [-0.4, -0.2) is 39.9 Å². The first-order valence-corrected chi connectivity index (χ1v) is 7.32. The molecule has 23 heavy (non-hydrogen) atoms. The number of pyridine rings is 1. The molecule has 0 saturated carbocycles. The van der Waals surface area contributed by atoms with Gasteiger partial charge in [0.05, 0.1) is 25.0 Å². The monoisotopic (exact) mass is 316 g/mol. The van der Waals surface area contributed by atoms with Gasteiger partial charge in [0.1, 0.15) is 11.5 Å². The number of nitrogens with zero attached hydrogens (tertiary/aromatic N) is 2. The Balaban J connectivity index is 1.73. The highest BCUT2D eigenvalue weighted by molar-refractivity contribution is 5.92. The minimum absolute atomic E-state index is 0.0586. The number of hydrogen-bond donors (Lipinski definition) is 4. The number of carbonyl (C=O) groups is 2. The summed E-state index contributed by atoms with van der Waals surface area (Å²) >= 11 is 0. The minimum Gasteiger partial charge on any atom is -0.355 e. The van der Waals surface area contributed by atoms with Crippen molar-refractivity contribution in [2.24, 2.45) is 0 Å². The quantitative estimate of drug-likeness (QED) is 0.511. The van der Waals surface area contributed by atoms with Crippen molar-refractivity contribution in [1.29, 1.82) is 0 Å². The van der Waals surface area contributed by atoms with E-state index in [0.717, 1.165) is 5.69 Å². The molecule has 2 amide bonds. The van der Waals surface area contributed by atoms with Crippen LogP contribution in [0.1, 0.15) is 28.9 Å². The van der Waals surface area contributed by atoms with Gasteiger partial charge in [-0.2, -0.15) is 0 Å². The molecule has 0 spiro atoms. The van der Waals surface area contributed by atoms with Gasteiger partial charge in [-0.25, -0.2) is 4.98 Å². The topological polar surface area (TPSA) is 112 Å². The number of nitrogens with one attached hydrogen (secondary N) is 4. The van der Waals surface area contributed by atoms with Crippen LogP contribution in [0.5, 0.6) is 0 Å². The third kappa shape index (κ3) is 5.87. The fraction of sp³-hybridized carbons (Fsp3) is 0.333. The van der Waals surface area contributed by atoms with E-state index < -0.39 is 0 Å². The number of imidazole rings is 1. The normalized spacial score (nSPS) is 10.3. The van der Waals surface area contributed by atoms with Crippen molar-refractivity contribution in [3.63, 3.8) is 0 Å². The second-order valence-electron chi connectivity index (χ2n) is 4.91. The molecule has 0 aromatic carbocycles. The van der Waals surface area contributed by atoms with Crippen LogP contribution < -0.4 is 16.0 Å². The van der Waals surface area contributed by atoms with Crippen molar-refractivity contribution in [2.45, 2.75) is 20.0 Å². The highest BCUT2D eigenvalue weighted by Gasteiger charge is 2.09. The van der Waals surface area contributed by atoms with Crippen LogP contribution in [0.3, 0.4) is 0 Å². The predicted molar refractivity (Wildman–Crippen MR) is 84.4 cm³/mol. The highest BCUT2D eigenvalue weighted by Crippen LogP contribution is 1.98. The van der Waals surface area contributed by atoms with E-state index in [2.05, 4.69) is 30.9 Å². The second kappa shape index (κ2) is 8.64. The Hall–Kier alpha value is -2.74. The summed E-state index contributed by atoms with van der Waals surface area (Å²) in [6, 6.07) is 5.54. The van der Waals surface area contributed by atoms with Crippen LogP contribution in [0.25, 0.3) is 0 Å². The number of amides is 2. The number of aromatic amines is 1. The molecule has 4 N–H and O–H groups in total. The number of carbonyl (C=O) groups excluding carboxylic acids is 2. The van der Waals surface area contributed by atoms with Crippen LogP contribution in [-0.2, 0) is 17.9 Å². The number of H-pyrrole nitrogens is 1. The van der Waals surface area contributed by atoms with E-state index in [4.69, 9.17) is 0 Å². The Morgan fingerprint density at radius 1 is 1.13 bits per heavy atom. The number of rotatable bonds is 8. The van der Waals surface area contributed by atoms with Crippen molar-refractivity contribution < 1.29 is 9.59 Å². The Morgan fingerprint density at radius 3 is 2.74 bits per heavy atom. The third-order valence-electron chi connectivity index (χ3n) is 3.00. The summed E-state index contributed by atoms with van der Waals surface area (Å²) in [7, 11) is 0. The highest BCUT2D eigenvalue weighted by atomic mass is 16.2.